The van der Waals surface area contributed by atoms with Crippen molar-refractivity contribution in [3.63, 3.8) is 0 Å². The van der Waals surface area contributed by atoms with Gasteiger partial charge in [0, 0.05) is 18.1 Å². The molecule has 18 heavy (non-hydrogen) atoms. The Morgan fingerprint density at radius 3 is 2.89 bits per heavy atom. The third kappa shape index (κ3) is 2.68. The molecule has 2 atom stereocenters. The number of ether oxygens (including phenoxy) is 2. The highest BCUT2D eigenvalue weighted by Crippen LogP contribution is 2.39. The van der Waals surface area contributed by atoms with Gasteiger partial charge in [0.25, 0.3) is 0 Å². The van der Waals surface area contributed by atoms with Crippen molar-refractivity contribution in [3.05, 3.63) is 29.8 Å². The van der Waals surface area contributed by atoms with Gasteiger partial charge in [0.15, 0.2) is 0 Å². The van der Waals surface area contributed by atoms with Gasteiger partial charge < -0.3 is 14.6 Å². The number of benzene rings is 1. The fourth-order valence-corrected chi connectivity index (χ4v) is 2.42. The van der Waals surface area contributed by atoms with Crippen LogP contribution in [0.3, 0.4) is 0 Å². The third-order valence-corrected chi connectivity index (χ3v) is 3.62. The molecule has 0 saturated carbocycles. The minimum Gasteiger partial charge on any atom is -0.493 e. The minimum absolute atomic E-state index is 0.142. The zero-order valence-electron chi connectivity index (χ0n) is 11.2. The summed E-state index contributed by atoms with van der Waals surface area (Å²) in [6.45, 7) is 5.97. The van der Waals surface area contributed by atoms with E-state index in [4.69, 9.17) is 9.47 Å². The second-order valence-corrected chi connectivity index (χ2v) is 5.05. The van der Waals surface area contributed by atoms with Crippen LogP contribution >= 0.6 is 0 Å². The Kier molecular flexibility index (Phi) is 4.25. The fourth-order valence-electron chi connectivity index (χ4n) is 2.42. The first kappa shape index (κ1) is 13.4. The summed E-state index contributed by atoms with van der Waals surface area (Å²) in [6, 6.07) is 7.76. The Morgan fingerprint density at radius 1 is 1.44 bits per heavy atom. The van der Waals surface area contributed by atoms with Crippen molar-refractivity contribution in [1.29, 1.82) is 0 Å². The molecule has 1 fully saturated rings. The molecule has 1 aliphatic rings. The lowest BCUT2D eigenvalue weighted by atomic mass is 9.82. The van der Waals surface area contributed by atoms with E-state index in [1.54, 1.807) is 0 Å². The molecule has 2 rings (SSSR count). The molecule has 0 amide bonds. The number of hydrogen-bond donors (Lipinski definition) is 1. The first-order valence-electron chi connectivity index (χ1n) is 6.68. The Labute approximate surface area is 109 Å². The summed E-state index contributed by atoms with van der Waals surface area (Å²) in [7, 11) is 0. The van der Waals surface area contributed by atoms with Gasteiger partial charge in [0.05, 0.1) is 18.8 Å². The van der Waals surface area contributed by atoms with Gasteiger partial charge in [-0.3, -0.25) is 0 Å². The summed E-state index contributed by atoms with van der Waals surface area (Å²) in [5.74, 6) is 0.931. The molecular formula is C15H22O3. The van der Waals surface area contributed by atoms with Gasteiger partial charge >= 0.3 is 0 Å². The lowest BCUT2D eigenvalue weighted by Gasteiger charge is -2.31. The Hall–Kier alpha value is -1.06. The first-order valence-corrected chi connectivity index (χ1v) is 6.68. The van der Waals surface area contributed by atoms with E-state index in [0.717, 1.165) is 30.8 Å². The molecule has 0 spiro atoms. The molecule has 1 N–H and O–H groups in total. The predicted octanol–water partition coefficient (Wildman–Crippen LogP) is 2.72. The zero-order chi connectivity index (χ0) is 13.0. The summed E-state index contributed by atoms with van der Waals surface area (Å²) < 4.78 is 11.1. The second-order valence-electron chi connectivity index (χ2n) is 5.05. The van der Waals surface area contributed by atoms with Crippen LogP contribution in [0.25, 0.3) is 0 Å². The SMILES string of the molecule is CCCOc1ccccc1C(C)(O)C1CCOC1. The third-order valence-electron chi connectivity index (χ3n) is 3.62. The van der Waals surface area contributed by atoms with Gasteiger partial charge in [-0.15, -0.1) is 0 Å². The van der Waals surface area contributed by atoms with Crippen LogP contribution in [-0.2, 0) is 10.3 Å². The van der Waals surface area contributed by atoms with Crippen LogP contribution in [0.15, 0.2) is 24.3 Å². The average molecular weight is 250 g/mol. The van der Waals surface area contributed by atoms with Crippen LogP contribution in [0.2, 0.25) is 0 Å². The van der Waals surface area contributed by atoms with Gasteiger partial charge in [0.2, 0.25) is 0 Å². The molecule has 0 bridgehead atoms. The molecule has 1 saturated heterocycles. The van der Waals surface area contributed by atoms with E-state index in [9.17, 15) is 5.11 Å². The first-order chi connectivity index (χ1) is 8.66. The molecule has 100 valence electrons. The highest BCUT2D eigenvalue weighted by molar-refractivity contribution is 5.38. The molecule has 1 aromatic rings. The zero-order valence-corrected chi connectivity index (χ0v) is 11.2. The molecule has 1 aromatic carbocycles. The largest absolute Gasteiger partial charge is 0.493 e. The number of hydrogen-bond acceptors (Lipinski definition) is 3. The van der Waals surface area contributed by atoms with Crippen molar-refractivity contribution < 1.29 is 14.6 Å². The highest BCUT2D eigenvalue weighted by Gasteiger charge is 2.38. The van der Waals surface area contributed by atoms with E-state index in [2.05, 4.69) is 6.92 Å². The van der Waals surface area contributed by atoms with Crippen molar-refractivity contribution in [3.8, 4) is 5.75 Å². The number of rotatable bonds is 5. The summed E-state index contributed by atoms with van der Waals surface area (Å²) in [6.07, 6.45) is 1.86. The maximum Gasteiger partial charge on any atom is 0.125 e. The van der Waals surface area contributed by atoms with E-state index in [0.29, 0.717) is 13.2 Å². The molecular weight excluding hydrogens is 228 g/mol. The minimum atomic E-state index is -0.888. The summed E-state index contributed by atoms with van der Waals surface area (Å²) in [5, 5.41) is 10.8. The quantitative estimate of drug-likeness (QED) is 0.873. The topological polar surface area (TPSA) is 38.7 Å². The van der Waals surface area contributed by atoms with Gasteiger partial charge in [-0.05, 0) is 25.8 Å². The van der Waals surface area contributed by atoms with E-state index < -0.39 is 5.60 Å². The molecule has 0 radical (unpaired) electrons. The van der Waals surface area contributed by atoms with E-state index in [-0.39, 0.29) is 5.92 Å². The van der Waals surface area contributed by atoms with Gasteiger partial charge in [-0.1, -0.05) is 25.1 Å². The van der Waals surface area contributed by atoms with Crippen molar-refractivity contribution in [2.75, 3.05) is 19.8 Å². The molecule has 0 aromatic heterocycles. The van der Waals surface area contributed by atoms with Crippen LogP contribution < -0.4 is 4.74 Å². The predicted molar refractivity (Wildman–Crippen MR) is 70.7 cm³/mol. The molecule has 3 heteroatoms. The van der Waals surface area contributed by atoms with Crippen LogP contribution in [0.4, 0.5) is 0 Å². The normalized spacial score (nSPS) is 22.7. The Balaban J connectivity index is 2.24. The second kappa shape index (κ2) is 5.72. The highest BCUT2D eigenvalue weighted by atomic mass is 16.5. The molecule has 1 heterocycles. The molecule has 2 unspecified atom stereocenters. The smallest absolute Gasteiger partial charge is 0.125 e. The van der Waals surface area contributed by atoms with E-state index in [1.807, 2.05) is 31.2 Å². The maximum atomic E-state index is 10.8. The van der Waals surface area contributed by atoms with Crippen LogP contribution in [0.1, 0.15) is 32.3 Å². The van der Waals surface area contributed by atoms with E-state index >= 15 is 0 Å². The van der Waals surface area contributed by atoms with Crippen LogP contribution in [0.5, 0.6) is 5.75 Å². The lowest BCUT2D eigenvalue weighted by molar-refractivity contribution is -0.0119. The maximum absolute atomic E-state index is 10.8. The van der Waals surface area contributed by atoms with Gasteiger partial charge in [-0.25, -0.2) is 0 Å². The van der Waals surface area contributed by atoms with Crippen molar-refractivity contribution >= 4 is 0 Å². The summed E-state index contributed by atoms with van der Waals surface area (Å²) in [4.78, 5) is 0. The summed E-state index contributed by atoms with van der Waals surface area (Å²) >= 11 is 0. The van der Waals surface area contributed by atoms with Gasteiger partial charge in [-0.2, -0.15) is 0 Å². The number of para-hydroxylation sites is 1. The molecule has 1 aliphatic heterocycles. The monoisotopic (exact) mass is 250 g/mol. The summed E-state index contributed by atoms with van der Waals surface area (Å²) in [5.41, 5.74) is -0.0187. The van der Waals surface area contributed by atoms with Crippen molar-refractivity contribution in [2.45, 2.75) is 32.3 Å². The molecule has 3 nitrogen and oxygen atoms in total. The number of aliphatic hydroxyl groups is 1. The fraction of sp³-hybridized carbons (Fsp3) is 0.600. The van der Waals surface area contributed by atoms with Gasteiger partial charge in [0.1, 0.15) is 5.75 Å². The van der Waals surface area contributed by atoms with Crippen molar-refractivity contribution in [2.24, 2.45) is 5.92 Å². The van der Waals surface area contributed by atoms with E-state index in [1.165, 1.54) is 0 Å². The van der Waals surface area contributed by atoms with Crippen LogP contribution in [0, 0.1) is 5.92 Å². The molecule has 0 aliphatic carbocycles. The Bertz CT molecular complexity index is 381. The standard InChI is InChI=1S/C15H22O3/c1-3-9-18-14-7-5-4-6-13(14)15(2,16)12-8-10-17-11-12/h4-7,12,16H,3,8-11H2,1-2H3. The van der Waals surface area contributed by atoms with Crippen molar-refractivity contribution in [1.82, 2.24) is 0 Å². The van der Waals surface area contributed by atoms with Crippen LogP contribution in [-0.4, -0.2) is 24.9 Å². The lowest BCUT2D eigenvalue weighted by Crippen LogP contribution is -2.32. The Morgan fingerprint density at radius 2 is 2.22 bits per heavy atom. The average Bonchev–Trinajstić information content (AvgIpc) is 2.91.